The lowest BCUT2D eigenvalue weighted by Gasteiger charge is -2.17. The number of carbonyl (C=O) groups is 1. The Labute approximate surface area is 125 Å². The summed E-state index contributed by atoms with van der Waals surface area (Å²) in [5, 5.41) is 2.77. The van der Waals surface area contributed by atoms with E-state index < -0.39 is 0 Å². The molecular formula is C17H21N3O. The summed E-state index contributed by atoms with van der Waals surface area (Å²) in [6, 6.07) is 12.1. The van der Waals surface area contributed by atoms with E-state index in [-0.39, 0.29) is 5.91 Å². The Bertz CT molecular complexity index is 566. The van der Waals surface area contributed by atoms with Gasteiger partial charge in [-0.25, -0.2) is 0 Å². The second kappa shape index (κ2) is 7.55. The van der Waals surface area contributed by atoms with Crippen molar-refractivity contribution in [3.8, 4) is 0 Å². The first-order valence-electron chi connectivity index (χ1n) is 7.07. The molecule has 0 saturated heterocycles. The SMILES string of the molecule is CC(=O)Nc1ccc(CN(C)CCc2ccncc2)cc1. The van der Waals surface area contributed by atoms with Gasteiger partial charge < -0.3 is 10.2 Å². The van der Waals surface area contributed by atoms with Crippen LogP contribution in [0.25, 0.3) is 0 Å². The van der Waals surface area contributed by atoms with Crippen LogP contribution < -0.4 is 5.32 Å². The van der Waals surface area contributed by atoms with Crippen LogP contribution in [0.15, 0.2) is 48.8 Å². The van der Waals surface area contributed by atoms with Crippen molar-refractivity contribution in [3.05, 3.63) is 59.9 Å². The van der Waals surface area contributed by atoms with Gasteiger partial charge in [-0.2, -0.15) is 0 Å². The van der Waals surface area contributed by atoms with Crippen molar-refractivity contribution in [3.63, 3.8) is 0 Å². The van der Waals surface area contributed by atoms with Crippen LogP contribution in [0.1, 0.15) is 18.1 Å². The van der Waals surface area contributed by atoms with Crippen molar-refractivity contribution in [1.82, 2.24) is 9.88 Å². The number of aromatic nitrogens is 1. The Hall–Kier alpha value is -2.20. The standard InChI is InChI=1S/C17H21N3O/c1-14(21)19-17-5-3-16(4-6-17)13-20(2)12-9-15-7-10-18-11-8-15/h3-8,10-11H,9,12-13H2,1-2H3,(H,19,21). The number of hydrogen-bond acceptors (Lipinski definition) is 3. The van der Waals surface area contributed by atoms with Gasteiger partial charge in [-0.3, -0.25) is 9.78 Å². The normalized spacial score (nSPS) is 10.6. The molecule has 110 valence electrons. The van der Waals surface area contributed by atoms with Crippen LogP contribution in [-0.2, 0) is 17.8 Å². The molecule has 0 aliphatic heterocycles. The smallest absolute Gasteiger partial charge is 0.221 e. The first-order chi connectivity index (χ1) is 10.1. The number of carbonyl (C=O) groups excluding carboxylic acids is 1. The van der Waals surface area contributed by atoms with Crippen LogP contribution in [-0.4, -0.2) is 29.4 Å². The highest BCUT2D eigenvalue weighted by Gasteiger charge is 2.02. The molecule has 0 unspecified atom stereocenters. The third kappa shape index (κ3) is 5.36. The maximum Gasteiger partial charge on any atom is 0.221 e. The number of rotatable bonds is 6. The second-order valence-electron chi connectivity index (χ2n) is 5.22. The fourth-order valence-corrected chi connectivity index (χ4v) is 2.16. The van der Waals surface area contributed by atoms with Crippen molar-refractivity contribution in [2.75, 3.05) is 18.9 Å². The third-order valence-electron chi connectivity index (χ3n) is 3.26. The summed E-state index contributed by atoms with van der Waals surface area (Å²) in [5.41, 5.74) is 3.38. The average Bonchev–Trinajstić information content (AvgIpc) is 2.48. The predicted molar refractivity (Wildman–Crippen MR) is 85.0 cm³/mol. The first kappa shape index (κ1) is 15.2. The van der Waals surface area contributed by atoms with Crippen molar-refractivity contribution in [2.24, 2.45) is 0 Å². The van der Waals surface area contributed by atoms with E-state index in [1.54, 1.807) is 0 Å². The molecule has 0 aliphatic rings. The summed E-state index contributed by atoms with van der Waals surface area (Å²) < 4.78 is 0. The van der Waals surface area contributed by atoms with Gasteiger partial charge in [-0.05, 0) is 48.9 Å². The van der Waals surface area contributed by atoms with Gasteiger partial charge in [0.15, 0.2) is 0 Å². The van der Waals surface area contributed by atoms with Crippen molar-refractivity contribution in [2.45, 2.75) is 19.9 Å². The number of benzene rings is 1. The fraction of sp³-hybridized carbons (Fsp3) is 0.294. The van der Waals surface area contributed by atoms with Crippen LogP contribution in [0.2, 0.25) is 0 Å². The van der Waals surface area contributed by atoms with Crippen LogP contribution in [0.5, 0.6) is 0 Å². The number of likely N-dealkylation sites (N-methyl/N-ethyl adjacent to an activating group) is 1. The van der Waals surface area contributed by atoms with E-state index >= 15 is 0 Å². The van der Waals surface area contributed by atoms with E-state index in [2.05, 4.69) is 34.4 Å². The molecule has 1 aromatic carbocycles. The molecule has 0 fully saturated rings. The Balaban J connectivity index is 1.82. The molecule has 0 saturated carbocycles. The zero-order valence-electron chi connectivity index (χ0n) is 12.5. The Morgan fingerprint density at radius 2 is 1.76 bits per heavy atom. The second-order valence-corrected chi connectivity index (χ2v) is 5.22. The quantitative estimate of drug-likeness (QED) is 0.886. The zero-order chi connectivity index (χ0) is 15.1. The molecule has 21 heavy (non-hydrogen) atoms. The van der Waals surface area contributed by atoms with Crippen LogP contribution in [0, 0.1) is 0 Å². The van der Waals surface area contributed by atoms with Crippen LogP contribution in [0.4, 0.5) is 5.69 Å². The minimum Gasteiger partial charge on any atom is -0.326 e. The molecule has 1 heterocycles. The lowest BCUT2D eigenvalue weighted by Crippen LogP contribution is -2.20. The van der Waals surface area contributed by atoms with Gasteiger partial charge >= 0.3 is 0 Å². The van der Waals surface area contributed by atoms with Gasteiger partial charge in [-0.1, -0.05) is 12.1 Å². The summed E-state index contributed by atoms with van der Waals surface area (Å²) in [6.45, 7) is 3.41. The van der Waals surface area contributed by atoms with E-state index in [0.29, 0.717) is 0 Å². The minimum atomic E-state index is -0.0442. The van der Waals surface area contributed by atoms with Gasteiger partial charge in [0, 0.05) is 38.1 Å². The minimum absolute atomic E-state index is 0.0442. The molecular weight excluding hydrogens is 262 g/mol. The van der Waals surface area contributed by atoms with Crippen molar-refractivity contribution < 1.29 is 4.79 Å². The molecule has 2 rings (SSSR count). The summed E-state index contributed by atoms with van der Waals surface area (Å²) >= 11 is 0. The molecule has 2 aromatic rings. The molecule has 0 spiro atoms. The van der Waals surface area contributed by atoms with Gasteiger partial charge in [-0.15, -0.1) is 0 Å². The van der Waals surface area contributed by atoms with Crippen LogP contribution in [0.3, 0.4) is 0 Å². The number of nitrogens with zero attached hydrogens (tertiary/aromatic N) is 2. The molecule has 0 aliphatic carbocycles. The first-order valence-corrected chi connectivity index (χ1v) is 7.07. The molecule has 0 atom stereocenters. The summed E-state index contributed by atoms with van der Waals surface area (Å²) in [4.78, 5) is 17.3. The largest absolute Gasteiger partial charge is 0.326 e. The Kier molecular flexibility index (Phi) is 5.46. The number of hydrogen-bond donors (Lipinski definition) is 1. The predicted octanol–water partition coefficient (Wildman–Crippen LogP) is 2.71. The summed E-state index contributed by atoms with van der Waals surface area (Å²) in [7, 11) is 2.11. The summed E-state index contributed by atoms with van der Waals surface area (Å²) in [5.74, 6) is -0.0442. The highest BCUT2D eigenvalue weighted by molar-refractivity contribution is 5.88. The lowest BCUT2D eigenvalue weighted by atomic mass is 10.1. The maximum absolute atomic E-state index is 11.0. The van der Waals surface area contributed by atoms with Gasteiger partial charge in [0.05, 0.1) is 0 Å². The van der Waals surface area contributed by atoms with Gasteiger partial charge in [0.1, 0.15) is 0 Å². The van der Waals surface area contributed by atoms with Crippen molar-refractivity contribution >= 4 is 11.6 Å². The summed E-state index contributed by atoms with van der Waals surface area (Å²) in [6.07, 6.45) is 4.68. The molecule has 4 nitrogen and oxygen atoms in total. The van der Waals surface area contributed by atoms with Gasteiger partial charge in [0.2, 0.25) is 5.91 Å². The molecule has 0 bridgehead atoms. The van der Waals surface area contributed by atoms with E-state index in [1.165, 1.54) is 18.1 Å². The van der Waals surface area contributed by atoms with Gasteiger partial charge in [0.25, 0.3) is 0 Å². The average molecular weight is 283 g/mol. The van der Waals surface area contributed by atoms with Crippen molar-refractivity contribution in [1.29, 1.82) is 0 Å². The molecule has 1 aromatic heterocycles. The number of pyridine rings is 1. The molecule has 4 heteroatoms. The van der Waals surface area contributed by atoms with Crippen LogP contribution >= 0.6 is 0 Å². The highest BCUT2D eigenvalue weighted by Crippen LogP contribution is 2.11. The van der Waals surface area contributed by atoms with E-state index in [9.17, 15) is 4.79 Å². The Morgan fingerprint density at radius 1 is 1.10 bits per heavy atom. The molecule has 0 radical (unpaired) electrons. The third-order valence-corrected chi connectivity index (χ3v) is 3.26. The topological polar surface area (TPSA) is 45.2 Å². The Morgan fingerprint density at radius 3 is 2.38 bits per heavy atom. The molecule has 1 N–H and O–H groups in total. The number of anilines is 1. The number of nitrogens with one attached hydrogen (secondary N) is 1. The lowest BCUT2D eigenvalue weighted by molar-refractivity contribution is -0.114. The highest BCUT2D eigenvalue weighted by atomic mass is 16.1. The molecule has 1 amide bonds. The fourth-order valence-electron chi connectivity index (χ4n) is 2.16. The maximum atomic E-state index is 11.0. The monoisotopic (exact) mass is 283 g/mol. The zero-order valence-corrected chi connectivity index (χ0v) is 12.5. The number of amides is 1. The van der Waals surface area contributed by atoms with E-state index in [0.717, 1.165) is 25.2 Å². The van der Waals surface area contributed by atoms with E-state index in [4.69, 9.17) is 0 Å². The van der Waals surface area contributed by atoms with E-state index in [1.807, 2.05) is 36.7 Å².